The molecule has 1 aromatic heterocycles. The Bertz CT molecular complexity index is 2540. The first kappa shape index (κ1) is 28.8. The summed E-state index contributed by atoms with van der Waals surface area (Å²) in [6.45, 7) is 0. The highest BCUT2D eigenvalue weighted by molar-refractivity contribution is 6.21. The highest BCUT2D eigenvalue weighted by Crippen LogP contribution is 2.56. The molecule has 2 aliphatic rings. The van der Waals surface area contributed by atoms with E-state index in [9.17, 15) is 0 Å². The standard InChI is InChI=1S/C47H33N3/c1-2-10-31(11-3-1)32-23-25-35(26-24-32)47-49-44(43-29-37-12-4-5-16-40(37)41-17-6-7-18-42(41)43)46-45(50(46)47)38-14-8-13-36(28-38)33-19-21-34(22-20-33)39-15-9-27-48-30-39/h1-30,45-47H. The van der Waals surface area contributed by atoms with Gasteiger partial charge in [-0.05, 0) is 84.3 Å². The van der Waals surface area contributed by atoms with Gasteiger partial charge in [0.05, 0.1) is 17.8 Å². The van der Waals surface area contributed by atoms with Crippen molar-refractivity contribution in [1.82, 2.24) is 9.88 Å². The first-order chi connectivity index (χ1) is 24.8. The van der Waals surface area contributed by atoms with E-state index >= 15 is 0 Å². The van der Waals surface area contributed by atoms with Crippen molar-refractivity contribution in [2.24, 2.45) is 4.99 Å². The van der Waals surface area contributed by atoms with Gasteiger partial charge < -0.3 is 0 Å². The third-order valence-corrected chi connectivity index (χ3v) is 10.5. The molecule has 236 valence electrons. The lowest BCUT2D eigenvalue weighted by Crippen LogP contribution is -2.09. The van der Waals surface area contributed by atoms with E-state index in [4.69, 9.17) is 4.99 Å². The molecular formula is C47H33N3. The fourth-order valence-electron chi connectivity index (χ4n) is 7.98. The maximum Gasteiger partial charge on any atom is 0.129 e. The van der Waals surface area contributed by atoms with Crippen LogP contribution in [0.15, 0.2) is 187 Å². The number of aliphatic imine (C=N–C) groups is 1. The number of pyridine rings is 1. The van der Waals surface area contributed by atoms with Gasteiger partial charge in [-0.25, -0.2) is 0 Å². The topological polar surface area (TPSA) is 28.3 Å². The summed E-state index contributed by atoms with van der Waals surface area (Å²) in [4.78, 5) is 12.4. The molecule has 1 fully saturated rings. The van der Waals surface area contributed by atoms with Crippen LogP contribution < -0.4 is 0 Å². The predicted molar refractivity (Wildman–Crippen MR) is 206 cm³/mol. The summed E-state index contributed by atoms with van der Waals surface area (Å²) in [5.74, 6) is 0. The average Bonchev–Trinajstić information content (AvgIpc) is 3.82. The summed E-state index contributed by atoms with van der Waals surface area (Å²) >= 11 is 0. The Hall–Kier alpha value is -6.16. The van der Waals surface area contributed by atoms with E-state index in [1.807, 2.05) is 18.5 Å². The maximum atomic E-state index is 5.55. The average molecular weight is 640 g/mol. The summed E-state index contributed by atoms with van der Waals surface area (Å²) in [7, 11) is 0. The third kappa shape index (κ3) is 4.86. The quantitative estimate of drug-likeness (QED) is 0.134. The zero-order chi connectivity index (χ0) is 33.0. The molecule has 0 spiro atoms. The summed E-state index contributed by atoms with van der Waals surface area (Å²) in [5, 5.41) is 5.07. The Morgan fingerprint density at radius 3 is 1.82 bits per heavy atom. The lowest BCUT2D eigenvalue weighted by molar-refractivity contribution is 0.404. The van der Waals surface area contributed by atoms with Gasteiger partial charge in [-0.2, -0.15) is 0 Å². The number of benzene rings is 7. The molecule has 0 bridgehead atoms. The highest BCUT2D eigenvalue weighted by Gasteiger charge is 2.59. The minimum Gasteiger partial charge on any atom is -0.264 e. The first-order valence-corrected chi connectivity index (χ1v) is 17.3. The zero-order valence-corrected chi connectivity index (χ0v) is 27.4. The molecule has 10 rings (SSSR count). The fourth-order valence-corrected chi connectivity index (χ4v) is 7.98. The van der Waals surface area contributed by atoms with Crippen molar-refractivity contribution < 1.29 is 0 Å². The van der Waals surface area contributed by atoms with Crippen LogP contribution in [0.1, 0.15) is 28.9 Å². The Labute approximate surface area is 291 Å². The molecule has 0 amide bonds. The zero-order valence-electron chi connectivity index (χ0n) is 27.4. The summed E-state index contributed by atoms with van der Waals surface area (Å²) in [6, 6.07) is 62.0. The van der Waals surface area contributed by atoms with Crippen LogP contribution in [0, 0.1) is 0 Å². The second kappa shape index (κ2) is 11.8. The van der Waals surface area contributed by atoms with E-state index in [1.54, 1.807) is 0 Å². The fraction of sp³-hybridized carbons (Fsp3) is 0.0638. The summed E-state index contributed by atoms with van der Waals surface area (Å²) in [5.41, 5.74) is 12.2. The van der Waals surface area contributed by atoms with Crippen molar-refractivity contribution in [2.45, 2.75) is 18.2 Å². The van der Waals surface area contributed by atoms with Crippen molar-refractivity contribution in [3.8, 4) is 33.4 Å². The van der Waals surface area contributed by atoms with Crippen LogP contribution in [0.25, 0.3) is 54.9 Å². The van der Waals surface area contributed by atoms with Gasteiger partial charge in [0.2, 0.25) is 0 Å². The third-order valence-electron chi connectivity index (χ3n) is 10.5. The van der Waals surface area contributed by atoms with Gasteiger partial charge in [0.15, 0.2) is 0 Å². The largest absolute Gasteiger partial charge is 0.264 e. The maximum absolute atomic E-state index is 5.55. The van der Waals surface area contributed by atoms with Crippen LogP contribution in [0.5, 0.6) is 0 Å². The van der Waals surface area contributed by atoms with Crippen molar-refractivity contribution in [3.63, 3.8) is 0 Å². The second-order valence-corrected chi connectivity index (χ2v) is 13.3. The molecule has 8 aromatic rings. The minimum atomic E-state index is -0.0579. The molecule has 2 aliphatic heterocycles. The molecule has 0 N–H and O–H groups in total. The molecule has 50 heavy (non-hydrogen) atoms. The lowest BCUT2D eigenvalue weighted by Gasteiger charge is -2.16. The van der Waals surface area contributed by atoms with E-state index in [0.717, 1.165) is 5.56 Å². The van der Waals surface area contributed by atoms with Crippen LogP contribution >= 0.6 is 0 Å². The van der Waals surface area contributed by atoms with Crippen LogP contribution in [0.2, 0.25) is 0 Å². The Morgan fingerprint density at radius 1 is 0.420 bits per heavy atom. The Balaban J connectivity index is 1.06. The number of aromatic nitrogens is 1. The number of fused-ring (bicyclic) bond motifs is 4. The summed E-state index contributed by atoms with van der Waals surface area (Å²) in [6.07, 6.45) is 3.67. The molecule has 0 saturated carbocycles. The molecule has 0 aliphatic carbocycles. The van der Waals surface area contributed by atoms with E-state index in [0.29, 0.717) is 0 Å². The minimum absolute atomic E-state index is 0.0579. The second-order valence-electron chi connectivity index (χ2n) is 13.3. The number of nitrogens with zero attached hydrogens (tertiary/aromatic N) is 3. The lowest BCUT2D eigenvalue weighted by atomic mass is 9.92. The Kier molecular flexibility index (Phi) is 6.78. The molecule has 3 heterocycles. The van der Waals surface area contributed by atoms with Gasteiger partial charge in [-0.3, -0.25) is 14.9 Å². The SMILES string of the molecule is c1ccc(-c2ccc(C3N=C(c4cc5ccccc5c5ccccc45)C4C(c5cccc(-c6ccc(-c7cccnc7)cc6)c5)N34)cc2)cc1. The highest BCUT2D eigenvalue weighted by atomic mass is 15.5. The van der Waals surface area contributed by atoms with Gasteiger partial charge in [0.25, 0.3) is 0 Å². The van der Waals surface area contributed by atoms with Crippen LogP contribution in [0.3, 0.4) is 0 Å². The van der Waals surface area contributed by atoms with Crippen LogP contribution in [0.4, 0.5) is 0 Å². The Morgan fingerprint density at radius 2 is 1.04 bits per heavy atom. The van der Waals surface area contributed by atoms with E-state index in [2.05, 4.69) is 174 Å². The summed E-state index contributed by atoms with van der Waals surface area (Å²) < 4.78 is 0. The predicted octanol–water partition coefficient (Wildman–Crippen LogP) is 11.3. The van der Waals surface area contributed by atoms with Crippen molar-refractivity contribution in [1.29, 1.82) is 0 Å². The molecule has 7 aromatic carbocycles. The molecule has 4 atom stereocenters. The van der Waals surface area contributed by atoms with Gasteiger partial charge in [0, 0.05) is 18.0 Å². The van der Waals surface area contributed by atoms with Crippen LogP contribution in [-0.2, 0) is 0 Å². The monoisotopic (exact) mass is 639 g/mol. The van der Waals surface area contributed by atoms with Gasteiger partial charge in [-0.15, -0.1) is 0 Å². The molecule has 3 heteroatoms. The smallest absolute Gasteiger partial charge is 0.129 e. The van der Waals surface area contributed by atoms with Gasteiger partial charge >= 0.3 is 0 Å². The van der Waals surface area contributed by atoms with Crippen molar-refractivity contribution >= 4 is 27.3 Å². The molecule has 4 unspecified atom stereocenters. The molecule has 3 nitrogen and oxygen atoms in total. The number of hydrogen-bond donors (Lipinski definition) is 0. The molecular weight excluding hydrogens is 607 g/mol. The normalized spacial score (nSPS) is 19.3. The van der Waals surface area contributed by atoms with E-state index in [-0.39, 0.29) is 18.2 Å². The van der Waals surface area contributed by atoms with Gasteiger partial charge in [-0.1, -0.05) is 152 Å². The number of hydrogen-bond acceptors (Lipinski definition) is 3. The van der Waals surface area contributed by atoms with Gasteiger partial charge in [0.1, 0.15) is 6.17 Å². The van der Waals surface area contributed by atoms with E-state index < -0.39 is 0 Å². The van der Waals surface area contributed by atoms with E-state index in [1.165, 1.54) is 71.8 Å². The van der Waals surface area contributed by atoms with Crippen LogP contribution in [-0.4, -0.2) is 21.6 Å². The first-order valence-electron chi connectivity index (χ1n) is 17.3. The van der Waals surface area contributed by atoms with Crippen molar-refractivity contribution in [2.75, 3.05) is 0 Å². The van der Waals surface area contributed by atoms with Crippen molar-refractivity contribution in [3.05, 3.63) is 199 Å². The molecule has 0 radical (unpaired) electrons. The molecule has 1 saturated heterocycles. The number of rotatable bonds is 6.